The SMILES string of the molecule is C=C(C)COCCNC1CC(=O)NC1=O. The minimum atomic E-state index is -0.397. The molecule has 15 heavy (non-hydrogen) atoms. The lowest BCUT2D eigenvalue weighted by Gasteiger charge is -2.09. The van der Waals surface area contributed by atoms with Crippen LogP contribution < -0.4 is 10.6 Å². The third kappa shape index (κ3) is 4.22. The zero-order chi connectivity index (χ0) is 11.3. The molecule has 0 spiro atoms. The van der Waals surface area contributed by atoms with Crippen molar-refractivity contribution < 1.29 is 14.3 Å². The first-order valence-corrected chi connectivity index (χ1v) is 4.89. The summed E-state index contributed by atoms with van der Waals surface area (Å²) in [4.78, 5) is 21.9. The van der Waals surface area contributed by atoms with E-state index < -0.39 is 6.04 Å². The fourth-order valence-electron chi connectivity index (χ4n) is 1.27. The summed E-state index contributed by atoms with van der Waals surface area (Å²) in [6.07, 6.45) is 0.222. The maximum atomic E-state index is 11.1. The van der Waals surface area contributed by atoms with Gasteiger partial charge in [-0.05, 0) is 6.92 Å². The Morgan fingerprint density at radius 2 is 2.40 bits per heavy atom. The maximum absolute atomic E-state index is 11.1. The van der Waals surface area contributed by atoms with Gasteiger partial charge >= 0.3 is 0 Å². The van der Waals surface area contributed by atoms with E-state index in [2.05, 4.69) is 17.2 Å². The smallest absolute Gasteiger partial charge is 0.244 e. The Balaban J connectivity index is 2.08. The van der Waals surface area contributed by atoms with Gasteiger partial charge in [0.15, 0.2) is 0 Å². The van der Waals surface area contributed by atoms with Gasteiger partial charge in [-0.15, -0.1) is 0 Å². The highest BCUT2D eigenvalue weighted by atomic mass is 16.5. The lowest BCUT2D eigenvalue weighted by molar-refractivity contribution is -0.125. The van der Waals surface area contributed by atoms with E-state index in [1.165, 1.54) is 0 Å². The second kappa shape index (κ2) is 5.63. The molecule has 1 aliphatic rings. The van der Waals surface area contributed by atoms with Crippen molar-refractivity contribution >= 4 is 11.8 Å². The number of carbonyl (C=O) groups excluding carboxylic acids is 2. The van der Waals surface area contributed by atoms with E-state index in [4.69, 9.17) is 4.74 Å². The van der Waals surface area contributed by atoms with Crippen molar-refractivity contribution in [1.82, 2.24) is 10.6 Å². The van der Waals surface area contributed by atoms with Crippen LogP contribution in [0.25, 0.3) is 0 Å². The van der Waals surface area contributed by atoms with E-state index in [-0.39, 0.29) is 18.2 Å². The average molecular weight is 212 g/mol. The van der Waals surface area contributed by atoms with Crippen molar-refractivity contribution in [3.63, 3.8) is 0 Å². The summed E-state index contributed by atoms with van der Waals surface area (Å²) in [5, 5.41) is 5.18. The molecular formula is C10H16N2O3. The van der Waals surface area contributed by atoms with Gasteiger partial charge in [0.1, 0.15) is 0 Å². The van der Waals surface area contributed by atoms with Crippen molar-refractivity contribution in [1.29, 1.82) is 0 Å². The van der Waals surface area contributed by atoms with Crippen molar-refractivity contribution in [3.8, 4) is 0 Å². The molecule has 5 nitrogen and oxygen atoms in total. The second-order valence-electron chi connectivity index (χ2n) is 3.63. The molecule has 0 aliphatic carbocycles. The molecule has 1 heterocycles. The van der Waals surface area contributed by atoms with Crippen molar-refractivity contribution in [3.05, 3.63) is 12.2 Å². The van der Waals surface area contributed by atoms with Gasteiger partial charge in [0.25, 0.3) is 0 Å². The third-order valence-electron chi connectivity index (χ3n) is 1.95. The van der Waals surface area contributed by atoms with Gasteiger partial charge in [-0.2, -0.15) is 0 Å². The van der Waals surface area contributed by atoms with Crippen LogP contribution in [0, 0.1) is 0 Å². The standard InChI is InChI=1S/C10H16N2O3/c1-7(2)6-15-4-3-11-8-5-9(13)12-10(8)14/h8,11H,1,3-6H2,2H3,(H,12,13,14). The van der Waals surface area contributed by atoms with Crippen molar-refractivity contribution in [2.24, 2.45) is 0 Å². The van der Waals surface area contributed by atoms with Crippen LogP contribution in [0.3, 0.4) is 0 Å². The van der Waals surface area contributed by atoms with Gasteiger partial charge in [-0.3, -0.25) is 14.9 Å². The highest BCUT2D eigenvalue weighted by Gasteiger charge is 2.29. The first-order valence-electron chi connectivity index (χ1n) is 4.89. The highest BCUT2D eigenvalue weighted by molar-refractivity contribution is 6.05. The lowest BCUT2D eigenvalue weighted by Crippen LogP contribution is -2.38. The Hall–Kier alpha value is -1.20. The van der Waals surface area contributed by atoms with Crippen LogP contribution in [0.5, 0.6) is 0 Å². The van der Waals surface area contributed by atoms with Crippen LogP contribution in [0.2, 0.25) is 0 Å². The molecule has 84 valence electrons. The zero-order valence-electron chi connectivity index (χ0n) is 8.84. The molecular weight excluding hydrogens is 196 g/mol. The van der Waals surface area contributed by atoms with Gasteiger partial charge < -0.3 is 10.1 Å². The number of hydrogen-bond acceptors (Lipinski definition) is 4. The Bertz CT molecular complexity index is 276. The number of imide groups is 1. The third-order valence-corrected chi connectivity index (χ3v) is 1.95. The van der Waals surface area contributed by atoms with E-state index in [1.54, 1.807) is 0 Å². The maximum Gasteiger partial charge on any atom is 0.244 e. The van der Waals surface area contributed by atoms with Crippen LogP contribution in [-0.2, 0) is 14.3 Å². The molecule has 1 saturated heterocycles. The number of ether oxygens (including phenoxy) is 1. The molecule has 1 unspecified atom stereocenters. The molecule has 1 rings (SSSR count). The summed E-state index contributed by atoms with van der Waals surface area (Å²) >= 11 is 0. The monoisotopic (exact) mass is 212 g/mol. The quantitative estimate of drug-likeness (QED) is 0.356. The summed E-state index contributed by atoms with van der Waals surface area (Å²) in [5.74, 6) is -0.472. The van der Waals surface area contributed by atoms with Gasteiger partial charge in [0, 0.05) is 6.54 Å². The molecule has 0 bridgehead atoms. The Labute approximate surface area is 88.9 Å². The number of rotatable bonds is 6. The van der Waals surface area contributed by atoms with Crippen molar-refractivity contribution in [2.45, 2.75) is 19.4 Å². The van der Waals surface area contributed by atoms with Gasteiger partial charge in [0.2, 0.25) is 11.8 Å². The van der Waals surface area contributed by atoms with Crippen LogP contribution in [0.4, 0.5) is 0 Å². The van der Waals surface area contributed by atoms with E-state index >= 15 is 0 Å². The molecule has 0 aromatic rings. The first kappa shape index (κ1) is 11.9. The fraction of sp³-hybridized carbons (Fsp3) is 0.600. The molecule has 2 N–H and O–H groups in total. The molecule has 1 atom stereocenters. The Morgan fingerprint density at radius 1 is 1.67 bits per heavy atom. The minimum Gasteiger partial charge on any atom is -0.376 e. The first-order chi connectivity index (χ1) is 7.09. The van der Waals surface area contributed by atoms with Crippen LogP contribution in [0.15, 0.2) is 12.2 Å². The molecule has 0 saturated carbocycles. The van der Waals surface area contributed by atoms with E-state index in [9.17, 15) is 9.59 Å². The molecule has 1 fully saturated rings. The highest BCUT2D eigenvalue weighted by Crippen LogP contribution is 2.00. The predicted octanol–water partition coefficient (Wildman–Crippen LogP) is -0.416. The largest absolute Gasteiger partial charge is 0.376 e. The zero-order valence-corrected chi connectivity index (χ0v) is 8.84. The van der Waals surface area contributed by atoms with Gasteiger partial charge in [-0.1, -0.05) is 12.2 Å². The summed E-state index contributed by atoms with van der Waals surface area (Å²) < 4.78 is 5.24. The molecule has 1 aliphatic heterocycles. The predicted molar refractivity (Wildman–Crippen MR) is 55.2 cm³/mol. The molecule has 0 aromatic heterocycles. The normalized spacial score (nSPS) is 20.5. The van der Waals surface area contributed by atoms with E-state index in [1.807, 2.05) is 6.92 Å². The fourth-order valence-corrected chi connectivity index (χ4v) is 1.27. The van der Waals surface area contributed by atoms with Gasteiger partial charge in [0.05, 0.1) is 25.7 Å². The molecule has 5 heteroatoms. The minimum absolute atomic E-state index is 0.222. The Kier molecular flexibility index (Phi) is 4.45. The van der Waals surface area contributed by atoms with E-state index in [0.29, 0.717) is 19.8 Å². The number of carbonyl (C=O) groups is 2. The summed E-state index contributed by atoms with van der Waals surface area (Å²) in [6.45, 7) is 7.17. The lowest BCUT2D eigenvalue weighted by atomic mass is 10.2. The number of nitrogens with one attached hydrogen (secondary N) is 2. The van der Waals surface area contributed by atoms with Crippen LogP contribution in [0.1, 0.15) is 13.3 Å². The molecule has 0 radical (unpaired) electrons. The second-order valence-corrected chi connectivity index (χ2v) is 3.63. The number of hydrogen-bond donors (Lipinski definition) is 2. The summed E-state index contributed by atoms with van der Waals surface area (Å²) in [6, 6.07) is -0.397. The van der Waals surface area contributed by atoms with Crippen LogP contribution in [-0.4, -0.2) is 37.6 Å². The summed E-state index contributed by atoms with van der Waals surface area (Å²) in [7, 11) is 0. The topological polar surface area (TPSA) is 67.4 Å². The Morgan fingerprint density at radius 3 is 2.93 bits per heavy atom. The summed E-state index contributed by atoms with van der Waals surface area (Å²) in [5.41, 5.74) is 0.962. The average Bonchev–Trinajstić information content (AvgIpc) is 2.44. The van der Waals surface area contributed by atoms with Crippen LogP contribution >= 0.6 is 0 Å². The molecule has 0 aromatic carbocycles. The van der Waals surface area contributed by atoms with E-state index in [0.717, 1.165) is 5.57 Å². The van der Waals surface area contributed by atoms with Gasteiger partial charge in [-0.25, -0.2) is 0 Å². The molecule has 2 amide bonds. The van der Waals surface area contributed by atoms with Crippen molar-refractivity contribution in [2.75, 3.05) is 19.8 Å². The number of amides is 2.